The number of nitrogens with zero attached hydrogens (tertiary/aromatic N) is 2. The molecule has 0 radical (unpaired) electrons. The fourth-order valence-electron chi connectivity index (χ4n) is 3.75. The van der Waals surface area contributed by atoms with E-state index >= 15 is 0 Å². The van der Waals surface area contributed by atoms with Gasteiger partial charge in [-0.3, -0.25) is 9.59 Å². The first-order chi connectivity index (χ1) is 11.2. The summed E-state index contributed by atoms with van der Waals surface area (Å²) in [4.78, 5) is 28.4. The molecule has 5 nitrogen and oxygen atoms in total. The molecular formula is C18H24N2O3. The van der Waals surface area contributed by atoms with E-state index < -0.39 is 0 Å². The van der Waals surface area contributed by atoms with Gasteiger partial charge in [-0.25, -0.2) is 0 Å². The monoisotopic (exact) mass is 316 g/mol. The number of carbonyl (C=O) groups is 2. The van der Waals surface area contributed by atoms with Crippen LogP contribution < -0.4 is 4.90 Å². The average Bonchev–Trinajstić information content (AvgIpc) is 2.73. The molecule has 3 rings (SSSR count). The molecule has 2 atom stereocenters. The molecule has 1 aromatic rings. The predicted octanol–water partition coefficient (Wildman–Crippen LogP) is 1.92. The molecule has 0 bridgehead atoms. The number of para-hydroxylation sites is 1. The Balaban J connectivity index is 1.68. The highest BCUT2D eigenvalue weighted by molar-refractivity contribution is 5.93. The highest BCUT2D eigenvalue weighted by Crippen LogP contribution is 2.33. The first kappa shape index (κ1) is 16.0. The number of anilines is 1. The van der Waals surface area contributed by atoms with Crippen molar-refractivity contribution in [3.63, 3.8) is 0 Å². The summed E-state index contributed by atoms with van der Waals surface area (Å²) in [6.07, 6.45) is 2.45. The van der Waals surface area contributed by atoms with Crippen LogP contribution in [0.3, 0.4) is 0 Å². The molecule has 23 heavy (non-hydrogen) atoms. The number of carbonyl (C=O) groups excluding carboxylic acids is 2. The third-order valence-corrected chi connectivity index (χ3v) is 5.04. The maximum Gasteiger partial charge on any atom is 0.248 e. The van der Waals surface area contributed by atoms with E-state index in [1.807, 2.05) is 40.1 Å². The zero-order valence-corrected chi connectivity index (χ0v) is 13.6. The van der Waals surface area contributed by atoms with Crippen LogP contribution in [0.2, 0.25) is 0 Å². The molecule has 5 heteroatoms. The number of benzene rings is 1. The quantitative estimate of drug-likeness (QED) is 0.856. The van der Waals surface area contributed by atoms with Crippen molar-refractivity contribution in [2.24, 2.45) is 11.8 Å². The topological polar surface area (TPSA) is 49.9 Å². The van der Waals surface area contributed by atoms with E-state index in [0.717, 1.165) is 38.2 Å². The molecule has 2 heterocycles. The molecule has 2 aliphatic rings. The van der Waals surface area contributed by atoms with Gasteiger partial charge in [0, 0.05) is 38.9 Å². The molecule has 0 spiro atoms. The van der Waals surface area contributed by atoms with Crippen molar-refractivity contribution in [1.29, 1.82) is 0 Å². The van der Waals surface area contributed by atoms with Crippen LogP contribution >= 0.6 is 0 Å². The molecule has 2 saturated heterocycles. The van der Waals surface area contributed by atoms with E-state index in [9.17, 15) is 9.59 Å². The lowest BCUT2D eigenvalue weighted by molar-refractivity contribution is -0.137. The fraction of sp³-hybridized carbons (Fsp3) is 0.556. The maximum absolute atomic E-state index is 12.6. The Morgan fingerprint density at radius 2 is 1.91 bits per heavy atom. The van der Waals surface area contributed by atoms with Gasteiger partial charge in [0.25, 0.3) is 0 Å². The second-order valence-corrected chi connectivity index (χ2v) is 6.46. The largest absolute Gasteiger partial charge is 0.375 e. The number of amides is 2. The van der Waals surface area contributed by atoms with Crippen LogP contribution in [0.4, 0.5) is 5.69 Å². The van der Waals surface area contributed by atoms with Crippen LogP contribution in [-0.4, -0.2) is 50.1 Å². The first-order valence-corrected chi connectivity index (χ1v) is 8.31. The molecule has 2 fully saturated rings. The third-order valence-electron chi connectivity index (χ3n) is 5.04. The van der Waals surface area contributed by atoms with Crippen molar-refractivity contribution in [2.45, 2.75) is 19.3 Å². The summed E-state index contributed by atoms with van der Waals surface area (Å²) < 4.78 is 4.96. The van der Waals surface area contributed by atoms with E-state index in [2.05, 4.69) is 0 Å². The summed E-state index contributed by atoms with van der Waals surface area (Å²) in [7, 11) is 1.55. The smallest absolute Gasteiger partial charge is 0.248 e. The number of ether oxygens (including phenoxy) is 1. The molecule has 2 amide bonds. The summed E-state index contributed by atoms with van der Waals surface area (Å²) in [5.41, 5.74) is 0.975. The molecule has 0 N–H and O–H groups in total. The van der Waals surface area contributed by atoms with E-state index in [1.165, 1.54) is 0 Å². The number of piperidine rings is 1. The van der Waals surface area contributed by atoms with Crippen LogP contribution in [0.15, 0.2) is 30.3 Å². The number of hydrogen-bond donors (Lipinski definition) is 0. The fourth-order valence-corrected chi connectivity index (χ4v) is 3.75. The Kier molecular flexibility index (Phi) is 4.96. The van der Waals surface area contributed by atoms with Crippen LogP contribution in [0, 0.1) is 11.8 Å². The zero-order valence-electron chi connectivity index (χ0n) is 13.6. The van der Waals surface area contributed by atoms with Gasteiger partial charge in [0.05, 0.1) is 0 Å². The number of fused-ring (bicyclic) bond motifs is 1. The summed E-state index contributed by atoms with van der Waals surface area (Å²) in [6.45, 7) is 2.37. The van der Waals surface area contributed by atoms with Crippen molar-refractivity contribution in [3.8, 4) is 0 Å². The second-order valence-electron chi connectivity index (χ2n) is 6.46. The van der Waals surface area contributed by atoms with Gasteiger partial charge >= 0.3 is 0 Å². The lowest BCUT2D eigenvalue weighted by atomic mass is 9.82. The lowest BCUT2D eigenvalue weighted by Gasteiger charge is -2.37. The molecule has 0 aromatic heterocycles. The second kappa shape index (κ2) is 7.13. The van der Waals surface area contributed by atoms with Crippen LogP contribution in [0.25, 0.3) is 0 Å². The van der Waals surface area contributed by atoms with Gasteiger partial charge in [-0.1, -0.05) is 18.2 Å². The molecule has 0 aliphatic carbocycles. The van der Waals surface area contributed by atoms with Gasteiger partial charge < -0.3 is 14.5 Å². The minimum Gasteiger partial charge on any atom is -0.375 e. The first-order valence-electron chi connectivity index (χ1n) is 8.31. The summed E-state index contributed by atoms with van der Waals surface area (Å²) in [6, 6.07) is 9.87. The zero-order chi connectivity index (χ0) is 16.2. The van der Waals surface area contributed by atoms with Crippen molar-refractivity contribution >= 4 is 17.5 Å². The number of methoxy groups -OCH3 is 1. The minimum absolute atomic E-state index is 0.0569. The Morgan fingerprint density at radius 3 is 2.65 bits per heavy atom. The lowest BCUT2D eigenvalue weighted by Crippen LogP contribution is -2.45. The van der Waals surface area contributed by atoms with Crippen molar-refractivity contribution in [1.82, 2.24) is 4.90 Å². The Bertz CT molecular complexity index is 561. The minimum atomic E-state index is 0.0569. The molecule has 124 valence electrons. The standard InChI is InChI=1S/C18H24N2O3/c1-23-13-18(22)19-9-7-14-11-17(21)20(10-8-15(14)12-19)16-5-3-2-4-6-16/h2-6,14-15H,7-13H2,1H3/t14-,15+/m1/s1. The van der Waals surface area contributed by atoms with Crippen molar-refractivity contribution in [2.75, 3.05) is 38.3 Å². The van der Waals surface area contributed by atoms with Gasteiger partial charge in [0.15, 0.2) is 0 Å². The summed E-state index contributed by atoms with van der Waals surface area (Å²) in [5.74, 6) is 1.06. The highest BCUT2D eigenvalue weighted by atomic mass is 16.5. The van der Waals surface area contributed by atoms with Gasteiger partial charge in [-0.2, -0.15) is 0 Å². The van der Waals surface area contributed by atoms with Gasteiger partial charge in [0.2, 0.25) is 11.8 Å². The molecule has 2 aliphatic heterocycles. The SMILES string of the molecule is COCC(=O)N1CC[C@@H]2CC(=O)N(c3ccccc3)CC[C@H]2C1. The van der Waals surface area contributed by atoms with E-state index in [4.69, 9.17) is 4.74 Å². The Hall–Kier alpha value is -1.88. The molecular weight excluding hydrogens is 292 g/mol. The third kappa shape index (κ3) is 3.55. The van der Waals surface area contributed by atoms with Gasteiger partial charge in [-0.05, 0) is 36.8 Å². The normalized spacial score (nSPS) is 25.0. The molecule has 0 saturated carbocycles. The predicted molar refractivity (Wildman–Crippen MR) is 88.1 cm³/mol. The van der Waals surface area contributed by atoms with Crippen LogP contribution in [0.5, 0.6) is 0 Å². The van der Waals surface area contributed by atoms with Crippen molar-refractivity contribution in [3.05, 3.63) is 30.3 Å². The Labute approximate surface area is 137 Å². The Morgan fingerprint density at radius 1 is 1.17 bits per heavy atom. The maximum atomic E-state index is 12.6. The van der Waals surface area contributed by atoms with Gasteiger partial charge in [0.1, 0.15) is 6.61 Å². The van der Waals surface area contributed by atoms with Gasteiger partial charge in [-0.15, -0.1) is 0 Å². The highest BCUT2D eigenvalue weighted by Gasteiger charge is 2.36. The molecule has 1 aromatic carbocycles. The van der Waals surface area contributed by atoms with E-state index in [-0.39, 0.29) is 18.4 Å². The number of likely N-dealkylation sites (tertiary alicyclic amines) is 1. The average molecular weight is 316 g/mol. The summed E-state index contributed by atoms with van der Waals surface area (Å²) >= 11 is 0. The molecule has 0 unspecified atom stereocenters. The van der Waals surface area contributed by atoms with Crippen LogP contribution in [-0.2, 0) is 14.3 Å². The number of rotatable bonds is 3. The van der Waals surface area contributed by atoms with Crippen LogP contribution in [0.1, 0.15) is 19.3 Å². The number of hydrogen-bond acceptors (Lipinski definition) is 3. The van der Waals surface area contributed by atoms with E-state index in [0.29, 0.717) is 18.3 Å². The summed E-state index contributed by atoms with van der Waals surface area (Å²) in [5, 5.41) is 0. The van der Waals surface area contributed by atoms with E-state index in [1.54, 1.807) is 7.11 Å². The van der Waals surface area contributed by atoms with Crippen molar-refractivity contribution < 1.29 is 14.3 Å².